The van der Waals surface area contributed by atoms with Gasteiger partial charge in [-0.25, -0.2) is 9.59 Å². The average Bonchev–Trinajstić information content (AvgIpc) is 3.06. The Hall–Kier alpha value is -5.13. The van der Waals surface area contributed by atoms with Gasteiger partial charge in [0.2, 0.25) is 17.7 Å². The van der Waals surface area contributed by atoms with Gasteiger partial charge < -0.3 is 61.8 Å². The van der Waals surface area contributed by atoms with Crippen LogP contribution in [0.5, 0.6) is 11.5 Å². The molecule has 0 unspecified atom stereocenters. The van der Waals surface area contributed by atoms with Gasteiger partial charge in [-0.3, -0.25) is 14.4 Å². The number of alkyl carbamates (subject to hydrolysis) is 2. The first-order valence-corrected chi connectivity index (χ1v) is 17.6. The molecule has 0 aliphatic rings. The molecule has 0 aliphatic heterocycles. The highest BCUT2D eigenvalue weighted by atomic mass is 16.6. The van der Waals surface area contributed by atoms with Crippen LogP contribution in [-0.2, 0) is 30.3 Å². The van der Waals surface area contributed by atoms with Gasteiger partial charge >= 0.3 is 12.2 Å². The molecule has 17 nitrogen and oxygen atoms in total. The summed E-state index contributed by atoms with van der Waals surface area (Å²) in [4.78, 5) is 66.7. The zero-order chi connectivity index (χ0) is 40.8. The van der Waals surface area contributed by atoms with Crippen molar-refractivity contribution in [3.8, 4) is 22.6 Å². The lowest BCUT2D eigenvalue weighted by Gasteiger charge is -2.27. The maximum atomic E-state index is 14.0. The second-order valence-corrected chi connectivity index (χ2v) is 14.7. The van der Waals surface area contributed by atoms with Crippen LogP contribution in [0.2, 0.25) is 0 Å². The molecular weight excluding hydrogens is 704 g/mol. The van der Waals surface area contributed by atoms with Crippen molar-refractivity contribution in [2.24, 2.45) is 5.73 Å². The molecule has 0 fully saturated rings. The summed E-state index contributed by atoms with van der Waals surface area (Å²) >= 11 is 0. The van der Waals surface area contributed by atoms with Gasteiger partial charge in [-0.15, -0.1) is 0 Å². The summed E-state index contributed by atoms with van der Waals surface area (Å²) in [6.45, 7) is 10.5. The van der Waals surface area contributed by atoms with Gasteiger partial charge in [0.25, 0.3) is 0 Å². The molecule has 5 amide bonds. The molecule has 0 saturated carbocycles. The second kappa shape index (κ2) is 20.4. The zero-order valence-electron chi connectivity index (χ0n) is 32.0. The summed E-state index contributed by atoms with van der Waals surface area (Å²) in [5, 5.41) is 50.8. The Morgan fingerprint density at radius 3 is 1.96 bits per heavy atom. The summed E-state index contributed by atoms with van der Waals surface area (Å²) in [5.41, 5.74) is 5.99. The van der Waals surface area contributed by atoms with Crippen LogP contribution in [0.4, 0.5) is 9.59 Å². The van der Waals surface area contributed by atoms with E-state index in [4.69, 9.17) is 15.2 Å². The molecule has 0 aliphatic carbocycles. The summed E-state index contributed by atoms with van der Waals surface area (Å²) in [6, 6.07) is 6.66. The SMILES string of the molecule is Cc1cc(-c2ccc(O)c(C[C@H](NC(=O)OC(C)(C)C)C(=O)N[C@@H](C[C@@H](O)CNC(=O)OC(C)(C)C)C(=O)NCC(=O)N(CCN)CCO)c2)ccc1O. The molecule has 17 heteroatoms. The number of aryl methyl sites for hydroxylation is 1. The zero-order valence-corrected chi connectivity index (χ0v) is 32.0. The number of ether oxygens (including phenoxy) is 2. The van der Waals surface area contributed by atoms with Crippen LogP contribution in [-0.4, -0.2) is 124 Å². The lowest BCUT2D eigenvalue weighted by atomic mass is 9.97. The number of nitrogens with two attached hydrogens (primary N) is 1. The molecule has 10 N–H and O–H groups in total. The number of amides is 5. The Labute approximate surface area is 315 Å². The van der Waals surface area contributed by atoms with Crippen LogP contribution in [0.1, 0.15) is 59.1 Å². The van der Waals surface area contributed by atoms with Crippen molar-refractivity contribution in [1.29, 1.82) is 0 Å². The summed E-state index contributed by atoms with van der Waals surface area (Å²) in [6.07, 6.45) is -3.94. The third-order valence-electron chi connectivity index (χ3n) is 7.60. The Morgan fingerprint density at radius 1 is 0.796 bits per heavy atom. The van der Waals surface area contributed by atoms with E-state index in [2.05, 4.69) is 21.3 Å². The third-order valence-corrected chi connectivity index (χ3v) is 7.60. The molecule has 0 bridgehead atoms. The van der Waals surface area contributed by atoms with E-state index in [0.29, 0.717) is 16.7 Å². The fourth-order valence-electron chi connectivity index (χ4n) is 5.05. The van der Waals surface area contributed by atoms with Crippen LogP contribution in [0.15, 0.2) is 36.4 Å². The molecule has 2 aromatic rings. The highest BCUT2D eigenvalue weighted by molar-refractivity contribution is 5.93. The van der Waals surface area contributed by atoms with Gasteiger partial charge in [-0.05, 0) is 95.0 Å². The number of aliphatic hydroxyl groups is 2. The fraction of sp³-hybridized carbons (Fsp3) is 0.541. The number of hydrogen-bond donors (Lipinski definition) is 9. The Morgan fingerprint density at radius 2 is 1.39 bits per heavy atom. The van der Waals surface area contributed by atoms with Crippen LogP contribution >= 0.6 is 0 Å². The minimum absolute atomic E-state index is 0.0282. The quantitative estimate of drug-likeness (QED) is 0.110. The third kappa shape index (κ3) is 15.9. The van der Waals surface area contributed by atoms with E-state index in [-0.39, 0.29) is 56.3 Å². The Bertz CT molecular complexity index is 1600. The molecule has 0 spiro atoms. The van der Waals surface area contributed by atoms with Gasteiger partial charge in [-0.2, -0.15) is 0 Å². The predicted octanol–water partition coefficient (Wildman–Crippen LogP) is 1.17. The van der Waals surface area contributed by atoms with E-state index in [1.807, 2.05) is 0 Å². The molecule has 300 valence electrons. The smallest absolute Gasteiger partial charge is 0.408 e. The van der Waals surface area contributed by atoms with Gasteiger partial charge in [0.05, 0.1) is 19.3 Å². The molecule has 0 aromatic heterocycles. The van der Waals surface area contributed by atoms with Crippen molar-refractivity contribution < 1.29 is 53.9 Å². The highest BCUT2D eigenvalue weighted by Crippen LogP contribution is 2.30. The average molecular weight is 761 g/mol. The van der Waals surface area contributed by atoms with Crippen LogP contribution in [0, 0.1) is 6.92 Å². The fourth-order valence-corrected chi connectivity index (χ4v) is 5.05. The van der Waals surface area contributed by atoms with Gasteiger partial charge in [0, 0.05) is 39.0 Å². The number of benzene rings is 2. The second-order valence-electron chi connectivity index (χ2n) is 14.7. The van der Waals surface area contributed by atoms with E-state index >= 15 is 0 Å². The minimum Gasteiger partial charge on any atom is -0.508 e. The van der Waals surface area contributed by atoms with Gasteiger partial charge in [0.15, 0.2) is 0 Å². The first-order valence-electron chi connectivity index (χ1n) is 17.6. The molecule has 54 heavy (non-hydrogen) atoms. The van der Waals surface area contributed by atoms with E-state index in [0.717, 1.165) is 0 Å². The van der Waals surface area contributed by atoms with Crippen molar-refractivity contribution in [1.82, 2.24) is 26.2 Å². The van der Waals surface area contributed by atoms with Crippen molar-refractivity contribution >= 4 is 29.9 Å². The number of phenols is 2. The number of hydrogen-bond acceptors (Lipinski definition) is 12. The minimum atomic E-state index is -1.51. The van der Waals surface area contributed by atoms with E-state index in [1.165, 1.54) is 17.0 Å². The molecule has 0 heterocycles. The van der Waals surface area contributed by atoms with Crippen molar-refractivity contribution in [2.45, 2.75) is 90.7 Å². The van der Waals surface area contributed by atoms with Gasteiger partial charge in [-0.1, -0.05) is 12.1 Å². The number of aromatic hydroxyl groups is 2. The molecule has 2 aromatic carbocycles. The van der Waals surface area contributed by atoms with Crippen LogP contribution in [0.3, 0.4) is 0 Å². The Kier molecular flexibility index (Phi) is 17.0. The van der Waals surface area contributed by atoms with Crippen molar-refractivity contribution in [3.63, 3.8) is 0 Å². The van der Waals surface area contributed by atoms with Crippen LogP contribution < -0.4 is 27.0 Å². The predicted molar refractivity (Wildman–Crippen MR) is 199 cm³/mol. The van der Waals surface area contributed by atoms with Crippen molar-refractivity contribution in [2.75, 3.05) is 39.3 Å². The highest BCUT2D eigenvalue weighted by Gasteiger charge is 2.31. The maximum Gasteiger partial charge on any atom is 0.408 e. The number of rotatable bonds is 17. The molecule has 0 saturated heterocycles. The standard InChI is InChI=1S/C37H56N6O11/c1-22-16-23(8-10-29(22)46)24-9-11-30(47)25(17-24)18-27(42-35(52)54-37(5,6)7)33(50)41-28(19-26(45)20-40-34(51)53-36(2,3)4)32(49)39-21-31(48)43(13-12-38)14-15-44/h8-11,16-17,26-28,44-47H,12-15,18-21,38H2,1-7H3,(H,39,49)(H,40,51)(H,41,50)(H,42,52)/t26-,27+,28+/m1/s1. The first kappa shape index (κ1) is 45.0. The van der Waals surface area contributed by atoms with Crippen molar-refractivity contribution in [3.05, 3.63) is 47.5 Å². The largest absolute Gasteiger partial charge is 0.508 e. The number of nitrogens with one attached hydrogen (secondary N) is 4. The molecule has 0 radical (unpaired) electrons. The topological polar surface area (TPSA) is 262 Å². The van der Waals surface area contributed by atoms with E-state index in [9.17, 15) is 44.4 Å². The normalized spacial score (nSPS) is 13.1. The van der Waals surface area contributed by atoms with E-state index < -0.39 is 72.3 Å². The lowest BCUT2D eigenvalue weighted by Crippen LogP contribution is -2.56. The number of carbonyl (C=O) groups excluding carboxylic acids is 5. The lowest BCUT2D eigenvalue weighted by molar-refractivity contribution is -0.134. The molecule has 3 atom stereocenters. The number of phenolic OH excluding ortho intramolecular Hbond substituents is 2. The van der Waals surface area contributed by atoms with Crippen LogP contribution in [0.25, 0.3) is 11.1 Å². The number of nitrogens with zero attached hydrogens (tertiary/aromatic N) is 1. The van der Waals surface area contributed by atoms with Gasteiger partial charge in [0.1, 0.15) is 34.8 Å². The van der Waals surface area contributed by atoms with E-state index in [1.54, 1.807) is 72.7 Å². The Balaban J connectivity index is 2.42. The first-order chi connectivity index (χ1) is 25.1. The summed E-state index contributed by atoms with van der Waals surface area (Å²) in [7, 11) is 0. The number of aliphatic hydroxyl groups excluding tert-OH is 2. The summed E-state index contributed by atoms with van der Waals surface area (Å²) in [5.74, 6) is -2.45. The monoisotopic (exact) mass is 760 g/mol. The summed E-state index contributed by atoms with van der Waals surface area (Å²) < 4.78 is 10.6. The number of carbonyl (C=O) groups is 5. The molecule has 2 rings (SSSR count). The molecular formula is C37H56N6O11. The maximum absolute atomic E-state index is 14.0.